The number of fused-ring (bicyclic) bond motifs is 1. The molecular weight excluding hydrogens is 380 g/mol. The molecule has 0 bridgehead atoms. The molecule has 0 unspecified atom stereocenters. The smallest absolute Gasteiger partial charge is 0.399 e. The van der Waals surface area contributed by atoms with E-state index in [2.05, 4.69) is 79.7 Å². The minimum atomic E-state index is -2.00. The van der Waals surface area contributed by atoms with Crippen molar-refractivity contribution in [2.75, 3.05) is 0 Å². The van der Waals surface area contributed by atoms with Crippen molar-refractivity contribution in [1.82, 2.24) is 4.23 Å². The normalized spacial score (nSPS) is 19.3. The van der Waals surface area contributed by atoms with Crippen LogP contribution < -0.4 is 5.46 Å². The molecule has 2 aromatic rings. The average Bonchev–Trinajstić information content (AvgIpc) is 3.01. The highest BCUT2D eigenvalue weighted by molar-refractivity contribution is 6.83. The van der Waals surface area contributed by atoms with Crippen LogP contribution in [0.1, 0.15) is 69.2 Å². The Morgan fingerprint density at radius 3 is 1.83 bits per heavy atom. The molecule has 1 aliphatic heterocycles. The SMILES string of the molecule is CC(C)[Si](C(C)C)(C(C)C)n1cc(B2OC(C)(C)C(C)(C)O2)c2cc(F)ccc21. The Bertz CT molecular complexity index is 866. The first kappa shape index (κ1) is 22.6. The third-order valence-corrected chi connectivity index (χ3v) is 14.3. The van der Waals surface area contributed by atoms with Crippen molar-refractivity contribution in [3.05, 3.63) is 30.2 Å². The van der Waals surface area contributed by atoms with E-state index in [0.29, 0.717) is 16.6 Å². The zero-order chi connectivity index (χ0) is 21.9. The van der Waals surface area contributed by atoms with E-state index in [0.717, 1.165) is 16.4 Å². The van der Waals surface area contributed by atoms with Gasteiger partial charge in [0.1, 0.15) is 5.82 Å². The van der Waals surface area contributed by atoms with Gasteiger partial charge in [0.2, 0.25) is 0 Å². The number of benzene rings is 1. The lowest BCUT2D eigenvalue weighted by atomic mass is 9.79. The molecule has 0 atom stereocenters. The lowest BCUT2D eigenvalue weighted by Crippen LogP contribution is -2.52. The van der Waals surface area contributed by atoms with Crippen LogP contribution in [0.4, 0.5) is 4.39 Å². The van der Waals surface area contributed by atoms with Crippen molar-refractivity contribution < 1.29 is 13.7 Å². The molecule has 0 amide bonds. The molecule has 0 aliphatic carbocycles. The van der Waals surface area contributed by atoms with Crippen LogP contribution in [0.3, 0.4) is 0 Å². The molecule has 1 saturated heterocycles. The Balaban J connectivity index is 2.29. The summed E-state index contributed by atoms with van der Waals surface area (Å²) in [5.74, 6) is -0.223. The lowest BCUT2D eigenvalue weighted by molar-refractivity contribution is 0.00578. The first-order valence-electron chi connectivity index (χ1n) is 10.9. The summed E-state index contributed by atoms with van der Waals surface area (Å²) < 4.78 is 29.6. The van der Waals surface area contributed by atoms with Crippen molar-refractivity contribution in [3.63, 3.8) is 0 Å². The second-order valence-corrected chi connectivity index (χ2v) is 16.3. The molecule has 3 nitrogen and oxygen atoms in total. The van der Waals surface area contributed by atoms with Gasteiger partial charge in [0.05, 0.1) is 11.2 Å². The number of aromatic nitrogens is 1. The van der Waals surface area contributed by atoms with E-state index in [-0.39, 0.29) is 5.82 Å². The van der Waals surface area contributed by atoms with Crippen LogP contribution in [-0.2, 0) is 9.31 Å². The fourth-order valence-corrected chi connectivity index (χ4v) is 12.2. The number of hydrogen-bond acceptors (Lipinski definition) is 2. The molecule has 2 heterocycles. The Hall–Kier alpha value is -1.11. The highest BCUT2D eigenvalue weighted by atomic mass is 28.3. The van der Waals surface area contributed by atoms with E-state index in [1.54, 1.807) is 12.1 Å². The summed E-state index contributed by atoms with van der Waals surface area (Å²) in [7, 11) is -2.50. The summed E-state index contributed by atoms with van der Waals surface area (Å²) in [6.45, 7) is 22.3. The van der Waals surface area contributed by atoms with Gasteiger partial charge >= 0.3 is 7.12 Å². The summed E-state index contributed by atoms with van der Waals surface area (Å²) in [6.07, 6.45) is 2.22. The van der Waals surface area contributed by atoms with Crippen LogP contribution in [0.15, 0.2) is 24.4 Å². The number of nitrogens with zero attached hydrogens (tertiary/aromatic N) is 1. The number of rotatable bonds is 5. The molecular formula is C23H37BFNO2Si. The monoisotopic (exact) mass is 417 g/mol. The van der Waals surface area contributed by atoms with Crippen molar-refractivity contribution in [3.8, 4) is 0 Å². The van der Waals surface area contributed by atoms with E-state index in [4.69, 9.17) is 9.31 Å². The van der Waals surface area contributed by atoms with Gasteiger partial charge < -0.3 is 13.5 Å². The Morgan fingerprint density at radius 2 is 1.38 bits per heavy atom. The second kappa shape index (κ2) is 7.24. The maximum atomic E-state index is 14.3. The maximum absolute atomic E-state index is 14.3. The Morgan fingerprint density at radius 1 is 0.897 bits per heavy atom. The molecule has 1 aromatic heterocycles. The van der Waals surface area contributed by atoms with E-state index in [1.807, 2.05) is 6.07 Å². The van der Waals surface area contributed by atoms with Crippen LogP contribution in [0.2, 0.25) is 16.6 Å². The Kier molecular flexibility index (Phi) is 5.64. The molecule has 160 valence electrons. The number of hydrogen-bond donors (Lipinski definition) is 0. The average molecular weight is 417 g/mol. The van der Waals surface area contributed by atoms with Gasteiger partial charge in [-0.1, -0.05) is 41.5 Å². The second-order valence-electron chi connectivity index (χ2n) is 10.6. The van der Waals surface area contributed by atoms with Gasteiger partial charge in [0.15, 0.2) is 8.24 Å². The van der Waals surface area contributed by atoms with Crippen molar-refractivity contribution in [2.24, 2.45) is 0 Å². The first-order valence-corrected chi connectivity index (χ1v) is 13.1. The third kappa shape index (κ3) is 3.32. The van der Waals surface area contributed by atoms with Crippen molar-refractivity contribution in [2.45, 2.75) is 97.1 Å². The molecule has 0 spiro atoms. The van der Waals surface area contributed by atoms with Crippen LogP contribution in [0.5, 0.6) is 0 Å². The first-order chi connectivity index (χ1) is 13.3. The van der Waals surface area contributed by atoms with Crippen LogP contribution in [0.25, 0.3) is 10.9 Å². The van der Waals surface area contributed by atoms with Gasteiger partial charge in [-0.25, -0.2) is 4.39 Å². The molecule has 29 heavy (non-hydrogen) atoms. The number of halogens is 1. The predicted molar refractivity (Wildman–Crippen MR) is 124 cm³/mol. The summed E-state index contributed by atoms with van der Waals surface area (Å²) in [5, 5.41) is 0.905. The quantitative estimate of drug-likeness (QED) is 0.549. The topological polar surface area (TPSA) is 23.4 Å². The van der Waals surface area contributed by atoms with Crippen molar-refractivity contribution in [1.29, 1.82) is 0 Å². The summed E-state index contributed by atoms with van der Waals surface area (Å²) >= 11 is 0. The molecule has 3 rings (SSSR count). The molecule has 0 N–H and O–H groups in total. The van der Waals surface area contributed by atoms with Gasteiger partial charge in [-0.15, -0.1) is 0 Å². The fourth-order valence-electron chi connectivity index (χ4n) is 5.54. The van der Waals surface area contributed by atoms with Crippen LogP contribution in [0, 0.1) is 5.82 Å². The predicted octanol–water partition coefficient (Wildman–Crippen LogP) is 6.10. The largest absolute Gasteiger partial charge is 0.497 e. The summed E-state index contributed by atoms with van der Waals surface area (Å²) in [5.41, 5.74) is 2.79. The molecule has 1 fully saturated rings. The highest BCUT2D eigenvalue weighted by Gasteiger charge is 2.53. The van der Waals surface area contributed by atoms with E-state index in [1.165, 1.54) is 0 Å². The standard InChI is InChI=1S/C23H37BFNO2Si/c1-15(2)29(16(3)4,17(5)6)26-14-20(19-13-18(25)11-12-21(19)26)24-27-22(7,8)23(9,10)28-24/h11-17H,1-10H3. The maximum Gasteiger partial charge on any atom is 0.497 e. The van der Waals surface area contributed by atoms with Crippen LogP contribution in [-0.4, -0.2) is 30.8 Å². The molecule has 6 heteroatoms. The third-order valence-electron chi connectivity index (χ3n) is 7.50. The van der Waals surface area contributed by atoms with Crippen molar-refractivity contribution >= 4 is 31.7 Å². The fraction of sp³-hybridized carbons (Fsp3) is 0.652. The lowest BCUT2D eigenvalue weighted by Gasteiger charge is -2.44. The van der Waals surface area contributed by atoms with Gasteiger partial charge in [-0.05, 0) is 68.7 Å². The zero-order valence-electron chi connectivity index (χ0n) is 19.8. The minimum absolute atomic E-state index is 0.223. The molecule has 1 aliphatic rings. The van der Waals surface area contributed by atoms with Gasteiger partial charge in [0.25, 0.3) is 0 Å². The zero-order valence-corrected chi connectivity index (χ0v) is 20.8. The van der Waals surface area contributed by atoms with Gasteiger partial charge in [-0.3, -0.25) is 0 Å². The highest BCUT2D eigenvalue weighted by Crippen LogP contribution is 2.44. The van der Waals surface area contributed by atoms with E-state index < -0.39 is 26.6 Å². The summed E-state index contributed by atoms with van der Waals surface area (Å²) in [4.78, 5) is 0. The molecule has 0 saturated carbocycles. The van der Waals surface area contributed by atoms with E-state index in [9.17, 15) is 4.39 Å². The van der Waals surface area contributed by atoms with E-state index >= 15 is 0 Å². The molecule has 1 aromatic carbocycles. The summed E-state index contributed by atoms with van der Waals surface area (Å²) in [6, 6.07) is 5.16. The van der Waals surface area contributed by atoms with Gasteiger partial charge in [-0.2, -0.15) is 0 Å². The minimum Gasteiger partial charge on any atom is -0.399 e. The van der Waals surface area contributed by atoms with Crippen LogP contribution >= 0.6 is 0 Å². The van der Waals surface area contributed by atoms with Gasteiger partial charge in [0, 0.05) is 16.4 Å². The Labute approximate surface area is 177 Å². The molecule has 0 radical (unpaired) electrons.